The predicted molar refractivity (Wildman–Crippen MR) is 89.8 cm³/mol. The van der Waals surface area contributed by atoms with Crippen LogP contribution in [0.4, 0.5) is 5.69 Å². The summed E-state index contributed by atoms with van der Waals surface area (Å²) in [5.41, 5.74) is 3.77. The van der Waals surface area contributed by atoms with E-state index in [9.17, 15) is 4.79 Å². The summed E-state index contributed by atoms with van der Waals surface area (Å²) in [5.74, 6) is -0.256. The Bertz CT molecular complexity index is 818. The van der Waals surface area contributed by atoms with Gasteiger partial charge in [-0.25, -0.2) is 4.68 Å². The fourth-order valence-corrected chi connectivity index (χ4v) is 2.97. The van der Waals surface area contributed by atoms with E-state index in [1.807, 2.05) is 51.1 Å². The van der Waals surface area contributed by atoms with Crippen LogP contribution < -0.4 is 5.32 Å². The molecule has 1 amide bonds. The maximum absolute atomic E-state index is 12.5. The van der Waals surface area contributed by atoms with E-state index in [0.29, 0.717) is 12.2 Å². The quantitative estimate of drug-likeness (QED) is 0.799. The van der Waals surface area contributed by atoms with E-state index in [4.69, 9.17) is 0 Å². The second-order valence-corrected chi connectivity index (χ2v) is 6.30. The smallest absolute Gasteiger partial charge is 0.278 e. The van der Waals surface area contributed by atoms with Gasteiger partial charge in [-0.3, -0.25) is 4.79 Å². The van der Waals surface area contributed by atoms with E-state index in [-0.39, 0.29) is 5.91 Å². The van der Waals surface area contributed by atoms with Crippen molar-refractivity contribution in [2.24, 2.45) is 0 Å². The molecule has 1 aromatic carbocycles. The number of anilines is 1. The standard InChI is InChI=1S/C16H17N5OS/c1-10-14(12(3)23-19-10)17-16(22)15-11(2)21(20-18-15)9-13-7-5-4-6-8-13/h4-8H,9H2,1-3H3,(H,17,22). The maximum atomic E-state index is 12.5. The number of carbonyl (C=O) groups is 1. The van der Waals surface area contributed by atoms with Gasteiger partial charge in [0.1, 0.15) is 0 Å². The molecule has 0 aliphatic rings. The topological polar surface area (TPSA) is 72.7 Å². The molecule has 0 saturated carbocycles. The third kappa shape index (κ3) is 3.14. The van der Waals surface area contributed by atoms with E-state index in [1.54, 1.807) is 4.68 Å². The van der Waals surface area contributed by atoms with Gasteiger partial charge in [-0.15, -0.1) is 5.10 Å². The first-order chi connectivity index (χ1) is 11.1. The van der Waals surface area contributed by atoms with Gasteiger partial charge in [0.05, 0.1) is 23.6 Å². The molecule has 3 aromatic rings. The largest absolute Gasteiger partial charge is 0.318 e. The molecule has 2 heterocycles. The molecule has 23 heavy (non-hydrogen) atoms. The lowest BCUT2D eigenvalue weighted by Crippen LogP contribution is -2.15. The van der Waals surface area contributed by atoms with Crippen molar-refractivity contribution in [3.8, 4) is 0 Å². The molecular formula is C16H17N5OS. The van der Waals surface area contributed by atoms with Crippen LogP contribution >= 0.6 is 11.5 Å². The Balaban J connectivity index is 1.80. The summed E-state index contributed by atoms with van der Waals surface area (Å²) in [5, 5.41) is 11.0. The van der Waals surface area contributed by atoms with Gasteiger partial charge in [-0.05, 0) is 37.9 Å². The molecular weight excluding hydrogens is 310 g/mol. The molecule has 0 atom stereocenters. The molecule has 0 aliphatic heterocycles. The lowest BCUT2D eigenvalue weighted by molar-refractivity contribution is 0.102. The van der Waals surface area contributed by atoms with Crippen molar-refractivity contribution in [2.45, 2.75) is 27.3 Å². The molecule has 0 aliphatic carbocycles. The van der Waals surface area contributed by atoms with Crippen LogP contribution in [0.15, 0.2) is 30.3 Å². The van der Waals surface area contributed by atoms with Crippen molar-refractivity contribution in [1.82, 2.24) is 19.4 Å². The van der Waals surface area contributed by atoms with E-state index in [2.05, 4.69) is 20.0 Å². The van der Waals surface area contributed by atoms with Gasteiger partial charge >= 0.3 is 0 Å². The molecule has 0 radical (unpaired) electrons. The van der Waals surface area contributed by atoms with Crippen molar-refractivity contribution in [1.29, 1.82) is 0 Å². The Morgan fingerprint density at radius 1 is 1.22 bits per heavy atom. The van der Waals surface area contributed by atoms with Gasteiger partial charge in [0.2, 0.25) is 0 Å². The minimum Gasteiger partial charge on any atom is -0.318 e. The highest BCUT2D eigenvalue weighted by Gasteiger charge is 2.19. The number of carbonyl (C=O) groups excluding carboxylic acids is 1. The third-order valence-electron chi connectivity index (χ3n) is 3.64. The molecule has 0 fully saturated rings. The number of nitrogens with one attached hydrogen (secondary N) is 1. The van der Waals surface area contributed by atoms with Gasteiger partial charge in [0.15, 0.2) is 5.69 Å². The molecule has 7 heteroatoms. The summed E-state index contributed by atoms with van der Waals surface area (Å²) in [4.78, 5) is 13.4. The lowest BCUT2D eigenvalue weighted by Gasteiger charge is -2.05. The number of hydrogen-bond donors (Lipinski definition) is 1. The summed E-state index contributed by atoms with van der Waals surface area (Å²) < 4.78 is 5.96. The zero-order valence-corrected chi connectivity index (χ0v) is 14.0. The van der Waals surface area contributed by atoms with Crippen LogP contribution in [-0.2, 0) is 6.54 Å². The van der Waals surface area contributed by atoms with Crippen molar-refractivity contribution < 1.29 is 4.79 Å². The number of amides is 1. The minimum absolute atomic E-state index is 0.256. The van der Waals surface area contributed by atoms with Crippen molar-refractivity contribution in [3.63, 3.8) is 0 Å². The Hall–Kier alpha value is -2.54. The average Bonchev–Trinajstić information content (AvgIpc) is 3.06. The maximum Gasteiger partial charge on any atom is 0.278 e. The van der Waals surface area contributed by atoms with Crippen LogP contribution in [0.3, 0.4) is 0 Å². The fourth-order valence-electron chi connectivity index (χ4n) is 2.31. The molecule has 3 rings (SSSR count). The van der Waals surface area contributed by atoms with Crippen molar-refractivity contribution in [3.05, 3.63) is 57.9 Å². The van der Waals surface area contributed by atoms with Crippen molar-refractivity contribution in [2.75, 3.05) is 5.32 Å². The Morgan fingerprint density at radius 2 is 1.96 bits per heavy atom. The SMILES string of the molecule is Cc1nsc(C)c1NC(=O)c1nnn(Cc2ccccc2)c1C. The highest BCUT2D eigenvalue weighted by molar-refractivity contribution is 7.06. The van der Waals surface area contributed by atoms with E-state index in [0.717, 1.165) is 27.5 Å². The molecule has 0 bridgehead atoms. The van der Waals surface area contributed by atoms with E-state index < -0.39 is 0 Å². The molecule has 118 valence electrons. The second-order valence-electron chi connectivity index (χ2n) is 5.32. The number of aromatic nitrogens is 4. The van der Waals surface area contributed by atoms with Crippen LogP contribution in [0, 0.1) is 20.8 Å². The second kappa shape index (κ2) is 6.29. The molecule has 2 aromatic heterocycles. The highest BCUT2D eigenvalue weighted by Crippen LogP contribution is 2.23. The van der Waals surface area contributed by atoms with Gasteiger partial charge < -0.3 is 5.32 Å². The molecule has 6 nitrogen and oxygen atoms in total. The molecule has 0 unspecified atom stereocenters. The summed E-state index contributed by atoms with van der Waals surface area (Å²) in [6.45, 7) is 6.24. The lowest BCUT2D eigenvalue weighted by atomic mass is 10.2. The summed E-state index contributed by atoms with van der Waals surface area (Å²) in [6.07, 6.45) is 0. The zero-order valence-electron chi connectivity index (χ0n) is 13.2. The Morgan fingerprint density at radius 3 is 2.61 bits per heavy atom. The van der Waals surface area contributed by atoms with Gasteiger partial charge in [0, 0.05) is 4.88 Å². The normalized spacial score (nSPS) is 10.7. The molecule has 0 saturated heterocycles. The number of rotatable bonds is 4. The van der Waals surface area contributed by atoms with Crippen LogP contribution in [0.1, 0.15) is 32.3 Å². The predicted octanol–water partition coefficient (Wildman–Crippen LogP) is 2.96. The monoisotopic (exact) mass is 327 g/mol. The average molecular weight is 327 g/mol. The zero-order chi connectivity index (χ0) is 16.4. The number of nitrogens with zero attached hydrogens (tertiary/aromatic N) is 4. The molecule has 0 spiro atoms. The first-order valence-corrected chi connectivity index (χ1v) is 8.02. The molecule has 1 N–H and O–H groups in total. The number of aryl methyl sites for hydroxylation is 2. The van der Waals surface area contributed by atoms with Crippen LogP contribution in [-0.4, -0.2) is 25.3 Å². The summed E-state index contributed by atoms with van der Waals surface area (Å²) >= 11 is 1.37. The number of benzene rings is 1. The van der Waals surface area contributed by atoms with E-state index >= 15 is 0 Å². The minimum atomic E-state index is -0.256. The summed E-state index contributed by atoms with van der Waals surface area (Å²) in [6, 6.07) is 9.96. The Labute approximate surface area is 138 Å². The first-order valence-electron chi connectivity index (χ1n) is 7.24. The van der Waals surface area contributed by atoms with Crippen LogP contribution in [0.5, 0.6) is 0 Å². The summed E-state index contributed by atoms with van der Waals surface area (Å²) in [7, 11) is 0. The van der Waals surface area contributed by atoms with E-state index in [1.165, 1.54) is 11.5 Å². The van der Waals surface area contributed by atoms with Gasteiger partial charge in [0.25, 0.3) is 5.91 Å². The fraction of sp³-hybridized carbons (Fsp3) is 0.250. The third-order valence-corrected chi connectivity index (χ3v) is 4.49. The van der Waals surface area contributed by atoms with Crippen LogP contribution in [0.25, 0.3) is 0 Å². The number of hydrogen-bond acceptors (Lipinski definition) is 5. The Kier molecular flexibility index (Phi) is 4.20. The van der Waals surface area contributed by atoms with Gasteiger partial charge in [-0.2, -0.15) is 4.37 Å². The first kappa shape index (κ1) is 15.4. The van der Waals surface area contributed by atoms with Crippen LogP contribution in [0.2, 0.25) is 0 Å². The van der Waals surface area contributed by atoms with Crippen molar-refractivity contribution >= 4 is 23.1 Å². The highest BCUT2D eigenvalue weighted by atomic mass is 32.1. The van der Waals surface area contributed by atoms with Gasteiger partial charge in [-0.1, -0.05) is 35.5 Å².